The maximum atomic E-state index is 14.8. The number of anilines is 1. The van der Waals surface area contributed by atoms with Crippen LogP contribution >= 0.6 is 0 Å². The summed E-state index contributed by atoms with van der Waals surface area (Å²) in [7, 11) is 9.39. The zero-order valence-corrected chi connectivity index (χ0v) is 28.9. The second kappa shape index (κ2) is 13.1. The molecule has 0 aliphatic heterocycles. The van der Waals surface area contributed by atoms with E-state index < -0.39 is 35.0 Å². The molecule has 3 N–H and O–H groups in total. The molecule has 4 aromatic rings. The summed E-state index contributed by atoms with van der Waals surface area (Å²) in [5, 5.41) is 32.0. The molecule has 0 bridgehead atoms. The first-order valence-electron chi connectivity index (χ1n) is 16.8. The fourth-order valence-corrected chi connectivity index (χ4v) is 8.09. The van der Waals surface area contributed by atoms with Gasteiger partial charge in [0.05, 0.1) is 11.6 Å². The number of fused-ring (bicyclic) bond motifs is 4. The molecule has 3 aromatic carbocycles. The van der Waals surface area contributed by atoms with Crippen LogP contribution in [0.4, 0.5) is 5.69 Å². The third-order valence-electron chi connectivity index (χ3n) is 10.2. The number of ketones is 2. The summed E-state index contributed by atoms with van der Waals surface area (Å²) < 4.78 is 18.1. The fraction of sp³-hybridized carbons (Fsp3) is 0.359. The smallest absolute Gasteiger partial charge is 0.265 e. The molecule has 4 atom stereocenters. The van der Waals surface area contributed by atoms with Crippen molar-refractivity contribution in [1.82, 2.24) is 15.4 Å². The predicted molar refractivity (Wildman–Crippen MR) is 187 cm³/mol. The van der Waals surface area contributed by atoms with E-state index in [9.17, 15) is 19.8 Å². The zero-order chi connectivity index (χ0) is 35.3. The maximum Gasteiger partial charge on any atom is 0.265 e. The highest BCUT2D eigenvalue weighted by Gasteiger charge is 2.65. The van der Waals surface area contributed by atoms with Crippen LogP contribution in [0, 0.1) is 11.8 Å². The highest BCUT2D eigenvalue weighted by atomic mass is 16.5. The molecule has 0 unspecified atom stereocenters. The van der Waals surface area contributed by atoms with Gasteiger partial charge in [-0.15, -0.1) is 0 Å². The van der Waals surface area contributed by atoms with Crippen LogP contribution in [-0.4, -0.2) is 72.7 Å². The molecular formula is C39H42N4O7. The molecule has 11 heteroatoms. The van der Waals surface area contributed by atoms with Crippen LogP contribution in [-0.2, 0) is 31.0 Å². The van der Waals surface area contributed by atoms with Crippen molar-refractivity contribution in [2.45, 2.75) is 44.2 Å². The molecule has 1 heterocycles. The number of aliphatic hydroxyl groups is 2. The summed E-state index contributed by atoms with van der Waals surface area (Å²) in [5.74, 6) is -2.71. The van der Waals surface area contributed by atoms with Crippen molar-refractivity contribution in [2.75, 3.05) is 40.1 Å². The van der Waals surface area contributed by atoms with Crippen molar-refractivity contribution in [3.05, 3.63) is 111 Å². The number of hydrogen-bond donors (Lipinski definition) is 3. The molecule has 1 fully saturated rings. The fourth-order valence-electron chi connectivity index (χ4n) is 8.09. The zero-order valence-electron chi connectivity index (χ0n) is 28.9. The van der Waals surface area contributed by atoms with Crippen LogP contribution in [0.1, 0.15) is 56.4 Å². The normalized spacial score (nSPS) is 22.5. The van der Waals surface area contributed by atoms with E-state index in [2.05, 4.69) is 10.5 Å². The van der Waals surface area contributed by atoms with E-state index >= 15 is 0 Å². The SMILES string of the molecule is CNCc1cc(OCc2ccccc2)c2c(c1N(C)C)C[C@H]1C[C@H]3[C@H](N(C)C)c4onc(OCc5ccccc5)c4C(=O)[C@@]3(O)C(=O)C1=C2O. The van der Waals surface area contributed by atoms with Crippen LogP contribution in [0.5, 0.6) is 11.6 Å². The van der Waals surface area contributed by atoms with Crippen molar-refractivity contribution in [3.63, 3.8) is 0 Å². The quantitative estimate of drug-likeness (QED) is 0.198. The van der Waals surface area contributed by atoms with Crippen molar-refractivity contribution < 1.29 is 33.8 Å². The lowest BCUT2D eigenvalue weighted by Gasteiger charge is -2.49. The predicted octanol–water partition coefficient (Wildman–Crippen LogP) is 4.88. The number of aliphatic hydroxyl groups excluding tert-OH is 1. The van der Waals surface area contributed by atoms with Crippen LogP contribution in [0.25, 0.3) is 5.76 Å². The Morgan fingerprint density at radius 3 is 2.18 bits per heavy atom. The minimum atomic E-state index is -2.49. The Bertz CT molecular complexity index is 1970. The van der Waals surface area contributed by atoms with Gasteiger partial charge in [-0.25, -0.2) is 0 Å². The first-order chi connectivity index (χ1) is 24.1. The Hall–Kier alpha value is -4.97. The average molecular weight is 679 g/mol. The van der Waals surface area contributed by atoms with Crippen LogP contribution in [0.2, 0.25) is 0 Å². The number of rotatable bonds is 10. The molecule has 0 saturated heterocycles. The van der Waals surface area contributed by atoms with Gasteiger partial charge in [-0.3, -0.25) is 14.5 Å². The molecule has 1 saturated carbocycles. The van der Waals surface area contributed by atoms with Gasteiger partial charge >= 0.3 is 0 Å². The number of carbonyl (C=O) groups is 2. The Morgan fingerprint density at radius 1 is 0.940 bits per heavy atom. The van der Waals surface area contributed by atoms with Gasteiger partial charge in [-0.1, -0.05) is 60.7 Å². The second-order valence-corrected chi connectivity index (χ2v) is 13.8. The number of aromatic nitrogens is 1. The van der Waals surface area contributed by atoms with Gasteiger partial charge in [-0.05, 0) is 73.4 Å². The summed E-state index contributed by atoms with van der Waals surface area (Å²) in [6.07, 6.45) is 0.627. The van der Waals surface area contributed by atoms with Gasteiger partial charge in [0.25, 0.3) is 5.88 Å². The minimum Gasteiger partial charge on any atom is -0.507 e. The Balaban J connectivity index is 1.34. The Labute approximate surface area is 291 Å². The monoisotopic (exact) mass is 678 g/mol. The third-order valence-corrected chi connectivity index (χ3v) is 10.2. The summed E-state index contributed by atoms with van der Waals surface area (Å²) in [4.78, 5) is 33.0. The number of nitrogens with zero attached hydrogens (tertiary/aromatic N) is 3. The van der Waals surface area contributed by atoms with E-state index in [0.717, 1.165) is 27.9 Å². The number of nitrogens with one attached hydrogen (secondary N) is 1. The second-order valence-electron chi connectivity index (χ2n) is 13.8. The van der Waals surface area contributed by atoms with E-state index in [4.69, 9.17) is 14.0 Å². The number of hydrogen-bond acceptors (Lipinski definition) is 11. The van der Waals surface area contributed by atoms with Crippen LogP contribution in [0.3, 0.4) is 0 Å². The molecule has 0 spiro atoms. The van der Waals surface area contributed by atoms with Gasteiger partial charge in [-0.2, -0.15) is 0 Å². The first-order valence-corrected chi connectivity index (χ1v) is 16.8. The largest absolute Gasteiger partial charge is 0.507 e. The van der Waals surface area contributed by atoms with E-state index in [1.54, 1.807) is 0 Å². The molecule has 3 aliphatic rings. The maximum absolute atomic E-state index is 14.8. The van der Waals surface area contributed by atoms with Crippen molar-refractivity contribution in [3.8, 4) is 11.6 Å². The molecule has 1 aromatic heterocycles. The molecular weight excluding hydrogens is 636 g/mol. The van der Waals surface area contributed by atoms with Gasteiger partial charge in [0.15, 0.2) is 11.4 Å². The number of benzene rings is 3. The lowest BCUT2D eigenvalue weighted by Crippen LogP contribution is -2.63. The molecule has 7 rings (SSSR count). The van der Waals surface area contributed by atoms with Gasteiger partial charge in [0.2, 0.25) is 11.6 Å². The van der Waals surface area contributed by atoms with Crippen molar-refractivity contribution >= 4 is 23.0 Å². The van der Waals surface area contributed by atoms with Gasteiger partial charge < -0.3 is 34.4 Å². The Kier molecular flexibility index (Phi) is 8.75. The number of Topliss-reactive ketones (excluding diaryl/α,β-unsaturated/α-hetero) is 2. The number of carbonyl (C=O) groups excluding carboxylic acids is 2. The van der Waals surface area contributed by atoms with Crippen molar-refractivity contribution in [2.24, 2.45) is 11.8 Å². The van der Waals surface area contributed by atoms with E-state index in [1.807, 2.05) is 112 Å². The van der Waals surface area contributed by atoms with Gasteiger partial charge in [0, 0.05) is 37.8 Å². The third kappa shape index (κ3) is 5.37. The van der Waals surface area contributed by atoms with E-state index in [-0.39, 0.29) is 48.2 Å². The highest BCUT2D eigenvalue weighted by Crippen LogP contribution is 2.57. The average Bonchev–Trinajstić information content (AvgIpc) is 3.52. The molecule has 11 nitrogen and oxygen atoms in total. The molecule has 0 amide bonds. The van der Waals surface area contributed by atoms with Crippen LogP contribution < -0.4 is 19.7 Å². The summed E-state index contributed by atoms with van der Waals surface area (Å²) in [6, 6.07) is 20.3. The van der Waals surface area contributed by atoms with Crippen LogP contribution in [0.15, 0.2) is 76.8 Å². The lowest BCUT2D eigenvalue weighted by atomic mass is 9.57. The minimum absolute atomic E-state index is 0.0318. The topological polar surface area (TPSA) is 138 Å². The van der Waals surface area contributed by atoms with Crippen molar-refractivity contribution in [1.29, 1.82) is 0 Å². The lowest BCUT2D eigenvalue weighted by molar-refractivity contribution is -0.142. The van der Waals surface area contributed by atoms with E-state index in [1.165, 1.54) is 0 Å². The Morgan fingerprint density at radius 2 is 1.58 bits per heavy atom. The van der Waals surface area contributed by atoms with E-state index in [0.29, 0.717) is 24.3 Å². The highest BCUT2D eigenvalue weighted by molar-refractivity contribution is 6.26. The molecule has 260 valence electrons. The molecule has 3 aliphatic carbocycles. The summed E-state index contributed by atoms with van der Waals surface area (Å²) >= 11 is 0. The summed E-state index contributed by atoms with van der Waals surface area (Å²) in [5.41, 5.74) is 2.41. The molecule has 0 radical (unpaired) electrons. The first kappa shape index (κ1) is 33.5. The van der Waals surface area contributed by atoms with Gasteiger partial charge in [0.1, 0.15) is 30.3 Å². The standard InChI is InChI=1S/C39H42N4O7/c1-40-19-25-18-28(48-20-22-12-8-6-9-13-22)30-26(32(25)42(2)3)16-24-17-27-33(43(4)5)35-31(37(46)39(27,47)36(45)29(24)34(30)44)38(41-50-35)49-21-23-14-10-7-11-15-23/h6-15,18,24,27,33,40,44,47H,16-17,19-21H2,1-5H3/t24-,27-,33-,39-/m0/s1. The number of ether oxygens (including phenoxy) is 2. The summed E-state index contributed by atoms with van der Waals surface area (Å²) in [6.45, 7) is 0.895. The molecule has 50 heavy (non-hydrogen) atoms.